The standard InChI is InChI=1S/C11H19N3O/c1-2-9(3-1)4-12-10-13-5-11(6-14-10)7-15-8-11/h9H,1-8H2,(H2,12,13,14). The van der Waals surface area contributed by atoms with E-state index in [-0.39, 0.29) is 0 Å². The minimum atomic E-state index is 0.321. The maximum Gasteiger partial charge on any atom is 0.191 e. The van der Waals surface area contributed by atoms with Crippen LogP contribution in [-0.4, -0.2) is 38.8 Å². The lowest BCUT2D eigenvalue weighted by Crippen LogP contribution is -2.58. The Labute approximate surface area is 90.5 Å². The molecule has 0 bridgehead atoms. The van der Waals surface area contributed by atoms with E-state index < -0.39 is 0 Å². The quantitative estimate of drug-likeness (QED) is 0.690. The largest absolute Gasteiger partial charge is 0.380 e. The van der Waals surface area contributed by atoms with Crippen LogP contribution < -0.4 is 10.6 Å². The molecule has 0 aromatic heterocycles. The molecule has 84 valence electrons. The molecule has 4 nitrogen and oxygen atoms in total. The Kier molecular flexibility index (Phi) is 2.31. The van der Waals surface area contributed by atoms with Crippen LogP contribution in [-0.2, 0) is 4.74 Å². The Morgan fingerprint density at radius 2 is 2.33 bits per heavy atom. The number of nitrogens with zero attached hydrogens (tertiary/aromatic N) is 1. The van der Waals surface area contributed by atoms with Gasteiger partial charge in [0.1, 0.15) is 0 Å². The van der Waals surface area contributed by atoms with Gasteiger partial charge in [0.05, 0.1) is 25.2 Å². The van der Waals surface area contributed by atoms with Crippen LogP contribution in [0.1, 0.15) is 19.3 Å². The molecule has 0 unspecified atom stereocenters. The number of aliphatic imine (C=N–C) groups is 1. The van der Waals surface area contributed by atoms with Crippen LogP contribution in [0.5, 0.6) is 0 Å². The van der Waals surface area contributed by atoms with Gasteiger partial charge in [-0.1, -0.05) is 6.42 Å². The lowest BCUT2D eigenvalue weighted by molar-refractivity contribution is -0.104. The van der Waals surface area contributed by atoms with Gasteiger partial charge in [-0.15, -0.1) is 0 Å². The molecule has 2 heterocycles. The molecule has 15 heavy (non-hydrogen) atoms. The second kappa shape index (κ2) is 3.67. The fraction of sp³-hybridized carbons (Fsp3) is 0.909. The van der Waals surface area contributed by atoms with Gasteiger partial charge in [0.15, 0.2) is 5.96 Å². The molecule has 2 aliphatic heterocycles. The predicted octanol–water partition coefficient (Wildman–Crippen LogP) is 0.352. The summed E-state index contributed by atoms with van der Waals surface area (Å²) in [6.45, 7) is 4.78. The van der Waals surface area contributed by atoms with Crippen molar-refractivity contribution >= 4 is 5.96 Å². The molecule has 0 aromatic carbocycles. The third-order valence-corrected chi connectivity index (χ3v) is 3.80. The van der Waals surface area contributed by atoms with E-state index in [0.717, 1.165) is 44.7 Å². The summed E-state index contributed by atoms with van der Waals surface area (Å²) >= 11 is 0. The highest BCUT2D eigenvalue weighted by atomic mass is 16.5. The second-order valence-corrected chi connectivity index (χ2v) is 5.19. The van der Waals surface area contributed by atoms with Crippen molar-refractivity contribution in [1.29, 1.82) is 0 Å². The molecular formula is C11H19N3O. The van der Waals surface area contributed by atoms with Gasteiger partial charge in [0.2, 0.25) is 0 Å². The number of guanidine groups is 1. The van der Waals surface area contributed by atoms with Crippen molar-refractivity contribution in [1.82, 2.24) is 10.6 Å². The molecule has 1 spiro atoms. The zero-order valence-electron chi connectivity index (χ0n) is 9.09. The van der Waals surface area contributed by atoms with E-state index in [1.807, 2.05) is 0 Å². The highest BCUT2D eigenvalue weighted by molar-refractivity contribution is 5.80. The minimum Gasteiger partial charge on any atom is -0.380 e. The van der Waals surface area contributed by atoms with Crippen molar-refractivity contribution in [2.24, 2.45) is 16.3 Å². The third-order valence-electron chi connectivity index (χ3n) is 3.80. The molecule has 3 rings (SSSR count). The lowest BCUT2D eigenvalue weighted by atomic mass is 9.85. The summed E-state index contributed by atoms with van der Waals surface area (Å²) in [5, 5.41) is 6.78. The molecule has 0 atom stereocenters. The van der Waals surface area contributed by atoms with Crippen LogP contribution in [0.3, 0.4) is 0 Å². The number of hydrogen-bond acceptors (Lipinski definition) is 4. The number of nitrogens with one attached hydrogen (secondary N) is 2. The Bertz CT molecular complexity index is 269. The Morgan fingerprint density at radius 1 is 1.47 bits per heavy atom. The lowest BCUT2D eigenvalue weighted by Gasteiger charge is -2.43. The summed E-state index contributed by atoms with van der Waals surface area (Å²) in [6, 6.07) is 0. The molecule has 0 radical (unpaired) electrons. The Morgan fingerprint density at radius 3 is 2.80 bits per heavy atom. The van der Waals surface area contributed by atoms with Crippen LogP contribution in [0.15, 0.2) is 4.99 Å². The van der Waals surface area contributed by atoms with Crippen molar-refractivity contribution in [2.75, 3.05) is 32.8 Å². The fourth-order valence-corrected chi connectivity index (χ4v) is 2.27. The van der Waals surface area contributed by atoms with Gasteiger partial charge in [-0.3, -0.25) is 4.99 Å². The van der Waals surface area contributed by atoms with Gasteiger partial charge in [0.25, 0.3) is 0 Å². The molecular weight excluding hydrogens is 190 g/mol. The summed E-state index contributed by atoms with van der Waals surface area (Å²) in [5.74, 6) is 1.89. The SMILES string of the molecule is C1CC(CNC2=NCC3(CN2)COC3)C1. The van der Waals surface area contributed by atoms with E-state index in [9.17, 15) is 0 Å². The summed E-state index contributed by atoms with van der Waals surface area (Å²) in [5.41, 5.74) is 0.321. The normalized spacial score (nSPS) is 28.7. The molecule has 3 aliphatic rings. The predicted molar refractivity (Wildman–Crippen MR) is 58.9 cm³/mol. The summed E-state index contributed by atoms with van der Waals surface area (Å²) < 4.78 is 5.25. The average Bonchev–Trinajstić information content (AvgIpc) is 2.14. The molecule has 1 saturated heterocycles. The maximum absolute atomic E-state index is 5.25. The van der Waals surface area contributed by atoms with Crippen LogP contribution in [0.2, 0.25) is 0 Å². The van der Waals surface area contributed by atoms with Crippen molar-refractivity contribution in [3.8, 4) is 0 Å². The van der Waals surface area contributed by atoms with E-state index in [0.29, 0.717) is 5.41 Å². The summed E-state index contributed by atoms with van der Waals surface area (Å²) in [7, 11) is 0. The van der Waals surface area contributed by atoms with Gasteiger partial charge >= 0.3 is 0 Å². The van der Waals surface area contributed by atoms with Gasteiger partial charge in [-0.2, -0.15) is 0 Å². The van der Waals surface area contributed by atoms with Gasteiger partial charge in [-0.05, 0) is 18.8 Å². The number of ether oxygens (including phenoxy) is 1. The monoisotopic (exact) mass is 209 g/mol. The molecule has 2 N–H and O–H groups in total. The topological polar surface area (TPSA) is 45.7 Å². The van der Waals surface area contributed by atoms with E-state index in [2.05, 4.69) is 15.6 Å². The van der Waals surface area contributed by atoms with Gasteiger partial charge in [-0.25, -0.2) is 0 Å². The molecule has 1 aliphatic carbocycles. The molecule has 0 aromatic rings. The zero-order chi connectivity index (χ0) is 10.1. The van der Waals surface area contributed by atoms with Crippen molar-refractivity contribution in [2.45, 2.75) is 19.3 Å². The van der Waals surface area contributed by atoms with Crippen molar-refractivity contribution in [3.05, 3.63) is 0 Å². The Balaban J connectivity index is 1.46. The first kappa shape index (κ1) is 9.46. The van der Waals surface area contributed by atoms with Gasteiger partial charge in [0, 0.05) is 13.1 Å². The first-order chi connectivity index (χ1) is 7.36. The highest BCUT2D eigenvalue weighted by Gasteiger charge is 2.40. The highest BCUT2D eigenvalue weighted by Crippen LogP contribution is 2.28. The van der Waals surface area contributed by atoms with Crippen LogP contribution in [0, 0.1) is 11.3 Å². The first-order valence-electron chi connectivity index (χ1n) is 5.96. The van der Waals surface area contributed by atoms with Crippen molar-refractivity contribution in [3.63, 3.8) is 0 Å². The van der Waals surface area contributed by atoms with Crippen LogP contribution >= 0.6 is 0 Å². The van der Waals surface area contributed by atoms with E-state index in [1.54, 1.807) is 0 Å². The van der Waals surface area contributed by atoms with Gasteiger partial charge < -0.3 is 15.4 Å². The molecule has 4 heteroatoms. The fourth-order valence-electron chi connectivity index (χ4n) is 2.27. The third kappa shape index (κ3) is 1.83. The average molecular weight is 209 g/mol. The van der Waals surface area contributed by atoms with Crippen LogP contribution in [0.4, 0.5) is 0 Å². The summed E-state index contributed by atoms with van der Waals surface area (Å²) in [4.78, 5) is 4.55. The Hall–Kier alpha value is -0.770. The molecule has 2 fully saturated rings. The maximum atomic E-state index is 5.25. The van der Waals surface area contributed by atoms with E-state index in [4.69, 9.17) is 4.74 Å². The smallest absolute Gasteiger partial charge is 0.191 e. The molecule has 0 amide bonds. The first-order valence-corrected chi connectivity index (χ1v) is 5.96. The number of rotatable bonds is 2. The number of hydrogen-bond donors (Lipinski definition) is 2. The minimum absolute atomic E-state index is 0.321. The zero-order valence-corrected chi connectivity index (χ0v) is 9.09. The van der Waals surface area contributed by atoms with E-state index in [1.165, 1.54) is 19.3 Å². The van der Waals surface area contributed by atoms with Crippen molar-refractivity contribution < 1.29 is 4.74 Å². The second-order valence-electron chi connectivity index (χ2n) is 5.19. The summed E-state index contributed by atoms with van der Waals surface area (Å²) in [6.07, 6.45) is 4.18. The molecule has 1 saturated carbocycles. The van der Waals surface area contributed by atoms with E-state index >= 15 is 0 Å². The van der Waals surface area contributed by atoms with Crippen LogP contribution in [0.25, 0.3) is 0 Å².